The number of hydrogen-bond acceptors (Lipinski definition) is 5. The van der Waals surface area contributed by atoms with Gasteiger partial charge in [-0.3, -0.25) is 0 Å². The molecule has 0 aliphatic heterocycles. The minimum atomic E-state index is -3.57. The molecule has 0 fully saturated rings. The van der Waals surface area contributed by atoms with Crippen molar-refractivity contribution in [1.82, 2.24) is 4.31 Å². The molecule has 0 bridgehead atoms. The van der Waals surface area contributed by atoms with Gasteiger partial charge in [-0.15, -0.1) is 11.3 Å². The average Bonchev–Trinajstić information content (AvgIpc) is 2.78. The summed E-state index contributed by atoms with van der Waals surface area (Å²) >= 11 is 1.24. The molecule has 1 unspecified atom stereocenters. The maximum atomic E-state index is 12.5. The first-order chi connectivity index (χ1) is 8.48. The quantitative estimate of drug-likeness (QED) is 0.822. The van der Waals surface area contributed by atoms with Crippen molar-refractivity contribution >= 4 is 21.4 Å². The van der Waals surface area contributed by atoms with Crippen molar-refractivity contribution in [3.05, 3.63) is 16.3 Å². The first-order valence-electron chi connectivity index (χ1n) is 5.67. The summed E-state index contributed by atoms with van der Waals surface area (Å²) in [6.45, 7) is 4.03. The van der Waals surface area contributed by atoms with Crippen molar-refractivity contribution in [1.29, 1.82) is 0 Å². The number of methoxy groups -OCH3 is 1. The molecule has 1 heterocycles. The summed E-state index contributed by atoms with van der Waals surface area (Å²) in [6, 6.07) is 1.30. The zero-order valence-electron chi connectivity index (χ0n) is 10.8. The molecule has 0 saturated heterocycles. The largest absolute Gasteiger partial charge is 0.391 e. The lowest BCUT2D eigenvalue weighted by atomic mass is 10.4. The second-order valence-electron chi connectivity index (χ2n) is 3.88. The number of nitrogens with zero attached hydrogens (tertiary/aromatic N) is 1. The lowest BCUT2D eigenvalue weighted by Crippen LogP contribution is -2.40. The Balaban J connectivity index is 3.11. The van der Waals surface area contributed by atoms with Crippen LogP contribution in [-0.4, -0.2) is 44.1 Å². The lowest BCUT2D eigenvalue weighted by Gasteiger charge is -2.26. The second-order valence-corrected chi connectivity index (χ2v) is 6.74. The van der Waals surface area contributed by atoms with E-state index >= 15 is 0 Å². The summed E-state index contributed by atoms with van der Waals surface area (Å²) in [5.74, 6) is 0. The van der Waals surface area contributed by atoms with Gasteiger partial charge in [0.15, 0.2) is 0 Å². The number of rotatable bonds is 7. The molecule has 1 aromatic heterocycles. The number of ether oxygens (including phenoxy) is 1. The molecule has 1 atom stereocenters. The molecule has 0 aliphatic rings. The Morgan fingerprint density at radius 2 is 2.22 bits per heavy atom. The summed E-state index contributed by atoms with van der Waals surface area (Å²) in [5.41, 5.74) is 0. The van der Waals surface area contributed by atoms with E-state index in [9.17, 15) is 8.42 Å². The Morgan fingerprint density at radius 1 is 1.56 bits per heavy atom. The van der Waals surface area contributed by atoms with Crippen molar-refractivity contribution in [2.45, 2.75) is 31.4 Å². The van der Waals surface area contributed by atoms with Gasteiger partial charge in [0.2, 0.25) is 10.0 Å². The summed E-state index contributed by atoms with van der Waals surface area (Å²) < 4.78 is 31.4. The molecule has 0 saturated carbocycles. The van der Waals surface area contributed by atoms with Crippen molar-refractivity contribution in [2.24, 2.45) is 0 Å². The number of aliphatic hydroxyl groups excluding tert-OH is 1. The number of likely N-dealkylation sites (N-methyl/N-ethyl adjacent to an activating group) is 1. The number of hydrogen-bond donors (Lipinski definition) is 1. The van der Waals surface area contributed by atoms with Crippen LogP contribution in [0.2, 0.25) is 0 Å². The Kier molecular flexibility index (Phi) is 5.74. The zero-order valence-corrected chi connectivity index (χ0v) is 12.4. The van der Waals surface area contributed by atoms with Crippen molar-refractivity contribution in [3.8, 4) is 0 Å². The van der Waals surface area contributed by atoms with E-state index in [-0.39, 0.29) is 17.5 Å². The smallest absolute Gasteiger partial charge is 0.244 e. The van der Waals surface area contributed by atoms with Gasteiger partial charge in [-0.1, -0.05) is 6.92 Å². The van der Waals surface area contributed by atoms with Crippen molar-refractivity contribution < 1.29 is 18.3 Å². The van der Waals surface area contributed by atoms with Gasteiger partial charge < -0.3 is 9.84 Å². The van der Waals surface area contributed by atoms with Crippen LogP contribution in [0.1, 0.15) is 18.7 Å². The van der Waals surface area contributed by atoms with E-state index in [1.54, 1.807) is 26.3 Å². The standard InChI is InChI=1S/C11H19NO4S2/c1-4-12(9(2)8-16-3)18(14,15)11-5-6-17-10(11)7-13/h5-6,9,13H,4,7-8H2,1-3H3. The van der Waals surface area contributed by atoms with Crippen molar-refractivity contribution in [3.63, 3.8) is 0 Å². The number of aliphatic hydroxyl groups is 1. The maximum absolute atomic E-state index is 12.5. The highest BCUT2D eigenvalue weighted by atomic mass is 32.2. The molecule has 0 spiro atoms. The molecular formula is C11H19NO4S2. The van der Waals surface area contributed by atoms with E-state index in [4.69, 9.17) is 9.84 Å². The van der Waals surface area contributed by atoms with Gasteiger partial charge in [0.25, 0.3) is 0 Å². The molecule has 1 aromatic rings. The normalized spacial score (nSPS) is 14.1. The van der Waals surface area contributed by atoms with Crippen molar-refractivity contribution in [2.75, 3.05) is 20.3 Å². The Bertz CT molecular complexity index is 469. The molecule has 1 rings (SSSR count). The SMILES string of the molecule is CCN(C(C)COC)S(=O)(=O)c1ccsc1CO. The summed E-state index contributed by atoms with van der Waals surface area (Å²) in [6.07, 6.45) is 0. The Labute approximate surface area is 112 Å². The first kappa shape index (κ1) is 15.6. The molecule has 0 amide bonds. The average molecular weight is 293 g/mol. The molecule has 0 aliphatic carbocycles. The fraction of sp³-hybridized carbons (Fsp3) is 0.636. The van der Waals surface area contributed by atoms with Crippen LogP contribution < -0.4 is 0 Å². The molecule has 18 heavy (non-hydrogen) atoms. The summed E-state index contributed by atoms with van der Waals surface area (Å²) in [7, 11) is -2.03. The highest BCUT2D eigenvalue weighted by Crippen LogP contribution is 2.26. The van der Waals surface area contributed by atoms with E-state index in [1.165, 1.54) is 21.7 Å². The Morgan fingerprint density at radius 3 is 2.72 bits per heavy atom. The van der Waals surface area contributed by atoms with Gasteiger partial charge >= 0.3 is 0 Å². The van der Waals surface area contributed by atoms with Crippen LogP contribution in [-0.2, 0) is 21.4 Å². The first-order valence-corrected chi connectivity index (χ1v) is 7.99. The minimum absolute atomic E-state index is 0.194. The minimum Gasteiger partial charge on any atom is -0.391 e. The maximum Gasteiger partial charge on any atom is 0.244 e. The third kappa shape index (κ3) is 3.10. The summed E-state index contributed by atoms with van der Waals surface area (Å²) in [5, 5.41) is 10.8. The monoisotopic (exact) mass is 293 g/mol. The van der Waals surface area contributed by atoms with E-state index in [2.05, 4.69) is 0 Å². The van der Waals surface area contributed by atoms with E-state index < -0.39 is 10.0 Å². The van der Waals surface area contributed by atoms with Crippen LogP contribution in [0.4, 0.5) is 0 Å². The molecule has 104 valence electrons. The molecule has 5 nitrogen and oxygen atoms in total. The summed E-state index contributed by atoms with van der Waals surface area (Å²) in [4.78, 5) is 0.665. The van der Waals surface area contributed by atoms with Crippen LogP contribution in [0.25, 0.3) is 0 Å². The lowest BCUT2D eigenvalue weighted by molar-refractivity contribution is 0.142. The fourth-order valence-electron chi connectivity index (χ4n) is 1.84. The van der Waals surface area contributed by atoms with E-state index in [0.717, 1.165) is 0 Å². The molecule has 7 heteroatoms. The van der Waals surface area contributed by atoms with E-state index in [0.29, 0.717) is 18.0 Å². The number of thiophene rings is 1. The number of sulfonamides is 1. The van der Waals surface area contributed by atoms with Gasteiger partial charge in [-0.2, -0.15) is 4.31 Å². The Hall–Kier alpha value is -0.470. The predicted octanol–water partition coefficient (Wildman–Crippen LogP) is 1.29. The molecular weight excluding hydrogens is 274 g/mol. The highest BCUT2D eigenvalue weighted by molar-refractivity contribution is 7.89. The fourth-order valence-corrected chi connectivity index (χ4v) is 4.74. The molecule has 0 aromatic carbocycles. The zero-order chi connectivity index (χ0) is 13.8. The van der Waals surface area contributed by atoms with Crippen LogP contribution >= 0.6 is 11.3 Å². The van der Waals surface area contributed by atoms with Gasteiger partial charge in [-0.05, 0) is 18.4 Å². The van der Waals surface area contributed by atoms with Crippen LogP contribution in [0.15, 0.2) is 16.3 Å². The third-order valence-corrected chi connectivity index (χ3v) is 5.85. The predicted molar refractivity (Wildman–Crippen MR) is 71.1 cm³/mol. The van der Waals surface area contributed by atoms with Crippen LogP contribution in [0.5, 0.6) is 0 Å². The van der Waals surface area contributed by atoms with E-state index in [1.807, 2.05) is 0 Å². The van der Waals surface area contributed by atoms with Gasteiger partial charge in [0.1, 0.15) is 0 Å². The van der Waals surface area contributed by atoms with Crippen LogP contribution in [0, 0.1) is 0 Å². The van der Waals surface area contributed by atoms with Crippen LogP contribution in [0.3, 0.4) is 0 Å². The topological polar surface area (TPSA) is 66.8 Å². The third-order valence-electron chi connectivity index (χ3n) is 2.65. The van der Waals surface area contributed by atoms with Gasteiger partial charge in [0.05, 0.1) is 18.1 Å². The van der Waals surface area contributed by atoms with Gasteiger partial charge in [-0.25, -0.2) is 8.42 Å². The highest BCUT2D eigenvalue weighted by Gasteiger charge is 2.30. The molecule has 1 N–H and O–H groups in total. The van der Waals surface area contributed by atoms with Gasteiger partial charge in [0, 0.05) is 24.6 Å². The molecule has 0 radical (unpaired) electrons. The second kappa shape index (κ2) is 6.63.